The second-order valence-electron chi connectivity index (χ2n) is 3.91. The van der Waals surface area contributed by atoms with E-state index in [0.717, 1.165) is 19.4 Å². The first-order chi connectivity index (χ1) is 7.72. The number of hydrogen-bond acceptors (Lipinski definition) is 2. The van der Waals surface area contributed by atoms with E-state index in [0.29, 0.717) is 18.4 Å². The third kappa shape index (κ3) is 5.12. The summed E-state index contributed by atoms with van der Waals surface area (Å²) in [5.41, 5.74) is 0. The van der Waals surface area contributed by atoms with Crippen LogP contribution in [0.3, 0.4) is 0 Å². The van der Waals surface area contributed by atoms with Crippen LogP contribution < -0.4 is 10.1 Å². The van der Waals surface area contributed by atoms with Gasteiger partial charge in [-0.3, -0.25) is 0 Å². The molecule has 0 saturated carbocycles. The van der Waals surface area contributed by atoms with Gasteiger partial charge in [0.15, 0.2) is 0 Å². The quantitative estimate of drug-likeness (QED) is 0.720. The van der Waals surface area contributed by atoms with E-state index >= 15 is 0 Å². The zero-order chi connectivity index (χ0) is 11.8. The topological polar surface area (TPSA) is 21.3 Å². The molecule has 0 aliphatic heterocycles. The van der Waals surface area contributed by atoms with Crippen LogP contribution in [0, 0.1) is 5.82 Å². The van der Waals surface area contributed by atoms with Crippen LogP contribution >= 0.6 is 0 Å². The van der Waals surface area contributed by atoms with E-state index in [1.54, 1.807) is 12.1 Å². The molecular weight excluding hydrogens is 205 g/mol. The van der Waals surface area contributed by atoms with Crippen molar-refractivity contribution in [3.63, 3.8) is 0 Å². The molecule has 1 rings (SSSR count). The molecule has 0 aliphatic rings. The zero-order valence-electron chi connectivity index (χ0n) is 10.0. The Morgan fingerprint density at radius 2 is 2.25 bits per heavy atom. The van der Waals surface area contributed by atoms with Crippen molar-refractivity contribution in [3.05, 3.63) is 30.1 Å². The molecule has 0 saturated heterocycles. The summed E-state index contributed by atoms with van der Waals surface area (Å²) in [4.78, 5) is 0. The smallest absolute Gasteiger partial charge is 0.126 e. The first kappa shape index (κ1) is 13.0. The standard InChI is InChI=1S/C13H20FNO/c1-3-15-11(2)6-5-9-16-13-8-4-7-12(14)10-13/h4,7-8,10-11,15H,3,5-6,9H2,1-2H3. The fourth-order valence-corrected chi connectivity index (χ4v) is 1.59. The SMILES string of the molecule is CCNC(C)CCCOc1cccc(F)c1. The molecular formula is C13H20FNO. The molecule has 0 fully saturated rings. The van der Waals surface area contributed by atoms with Crippen LogP contribution in [0.1, 0.15) is 26.7 Å². The van der Waals surface area contributed by atoms with Crippen molar-refractivity contribution in [3.8, 4) is 5.75 Å². The fraction of sp³-hybridized carbons (Fsp3) is 0.538. The largest absolute Gasteiger partial charge is 0.493 e. The van der Waals surface area contributed by atoms with Crippen LogP contribution in [-0.2, 0) is 0 Å². The first-order valence-corrected chi connectivity index (χ1v) is 5.84. The van der Waals surface area contributed by atoms with Gasteiger partial charge in [0.05, 0.1) is 6.61 Å². The lowest BCUT2D eigenvalue weighted by Gasteiger charge is -2.12. The Labute approximate surface area is 96.8 Å². The third-order valence-corrected chi connectivity index (χ3v) is 2.40. The number of halogens is 1. The van der Waals surface area contributed by atoms with Gasteiger partial charge in [-0.2, -0.15) is 0 Å². The molecule has 0 amide bonds. The van der Waals surface area contributed by atoms with Crippen molar-refractivity contribution in [2.45, 2.75) is 32.7 Å². The maximum Gasteiger partial charge on any atom is 0.126 e. The van der Waals surface area contributed by atoms with Gasteiger partial charge < -0.3 is 10.1 Å². The summed E-state index contributed by atoms with van der Waals surface area (Å²) < 4.78 is 18.3. The lowest BCUT2D eigenvalue weighted by molar-refractivity contribution is 0.297. The molecule has 2 nitrogen and oxygen atoms in total. The number of hydrogen-bond donors (Lipinski definition) is 1. The van der Waals surface area contributed by atoms with Gasteiger partial charge in [0.2, 0.25) is 0 Å². The molecule has 0 aliphatic carbocycles. The summed E-state index contributed by atoms with van der Waals surface area (Å²) in [5, 5.41) is 3.34. The van der Waals surface area contributed by atoms with E-state index in [4.69, 9.17) is 4.74 Å². The Hall–Kier alpha value is -1.09. The van der Waals surface area contributed by atoms with Crippen LogP contribution in [0.25, 0.3) is 0 Å². The van der Waals surface area contributed by atoms with Crippen molar-refractivity contribution in [1.82, 2.24) is 5.32 Å². The highest BCUT2D eigenvalue weighted by Gasteiger charge is 2.00. The predicted molar refractivity (Wildman–Crippen MR) is 64.3 cm³/mol. The lowest BCUT2D eigenvalue weighted by atomic mass is 10.2. The molecule has 3 heteroatoms. The third-order valence-electron chi connectivity index (χ3n) is 2.40. The summed E-state index contributed by atoms with van der Waals surface area (Å²) in [6.45, 7) is 5.89. The molecule has 90 valence electrons. The average molecular weight is 225 g/mol. The van der Waals surface area contributed by atoms with Gasteiger partial charge in [0.1, 0.15) is 11.6 Å². The Morgan fingerprint density at radius 1 is 1.44 bits per heavy atom. The highest BCUT2D eigenvalue weighted by atomic mass is 19.1. The van der Waals surface area contributed by atoms with Gasteiger partial charge in [-0.15, -0.1) is 0 Å². The minimum absolute atomic E-state index is 0.251. The monoisotopic (exact) mass is 225 g/mol. The lowest BCUT2D eigenvalue weighted by Crippen LogP contribution is -2.25. The van der Waals surface area contributed by atoms with Crippen molar-refractivity contribution in [2.75, 3.05) is 13.2 Å². The van der Waals surface area contributed by atoms with Crippen LogP contribution in [0.5, 0.6) is 5.75 Å². The molecule has 16 heavy (non-hydrogen) atoms. The molecule has 0 aromatic heterocycles. The summed E-state index contributed by atoms with van der Waals surface area (Å²) >= 11 is 0. The molecule has 0 spiro atoms. The molecule has 1 unspecified atom stereocenters. The molecule has 1 atom stereocenters. The Morgan fingerprint density at radius 3 is 2.94 bits per heavy atom. The van der Waals surface area contributed by atoms with Crippen LogP contribution in [0.2, 0.25) is 0 Å². The Bertz CT molecular complexity index is 304. The summed E-state index contributed by atoms with van der Waals surface area (Å²) in [7, 11) is 0. The number of rotatable bonds is 7. The predicted octanol–water partition coefficient (Wildman–Crippen LogP) is 2.98. The molecule has 0 radical (unpaired) electrons. The minimum Gasteiger partial charge on any atom is -0.493 e. The summed E-state index contributed by atoms with van der Waals surface area (Å²) in [6.07, 6.45) is 2.05. The van der Waals surface area contributed by atoms with Crippen molar-refractivity contribution in [2.24, 2.45) is 0 Å². The van der Waals surface area contributed by atoms with Gasteiger partial charge in [-0.05, 0) is 38.4 Å². The Kier molecular flexibility index (Phi) is 5.86. The van der Waals surface area contributed by atoms with E-state index in [2.05, 4.69) is 19.2 Å². The van der Waals surface area contributed by atoms with Crippen LogP contribution in [0.4, 0.5) is 4.39 Å². The van der Waals surface area contributed by atoms with Crippen molar-refractivity contribution < 1.29 is 9.13 Å². The first-order valence-electron chi connectivity index (χ1n) is 5.84. The number of ether oxygens (including phenoxy) is 1. The maximum atomic E-state index is 12.8. The highest BCUT2D eigenvalue weighted by molar-refractivity contribution is 5.22. The summed E-state index contributed by atoms with van der Waals surface area (Å²) in [6, 6.07) is 6.78. The minimum atomic E-state index is -0.251. The Balaban J connectivity index is 2.16. The summed E-state index contributed by atoms with van der Waals surface area (Å²) in [5.74, 6) is 0.356. The van der Waals surface area contributed by atoms with Gasteiger partial charge in [-0.1, -0.05) is 13.0 Å². The molecule has 1 N–H and O–H groups in total. The zero-order valence-corrected chi connectivity index (χ0v) is 10.0. The second kappa shape index (κ2) is 7.23. The molecule has 0 bridgehead atoms. The number of nitrogens with one attached hydrogen (secondary N) is 1. The maximum absolute atomic E-state index is 12.8. The van der Waals surface area contributed by atoms with Crippen LogP contribution in [0.15, 0.2) is 24.3 Å². The average Bonchev–Trinajstić information content (AvgIpc) is 2.25. The van der Waals surface area contributed by atoms with Gasteiger partial charge >= 0.3 is 0 Å². The van der Waals surface area contributed by atoms with E-state index in [-0.39, 0.29) is 5.82 Å². The van der Waals surface area contributed by atoms with E-state index in [1.165, 1.54) is 12.1 Å². The van der Waals surface area contributed by atoms with E-state index in [9.17, 15) is 4.39 Å². The normalized spacial score (nSPS) is 12.4. The van der Waals surface area contributed by atoms with Crippen LogP contribution in [-0.4, -0.2) is 19.2 Å². The highest BCUT2D eigenvalue weighted by Crippen LogP contribution is 2.12. The molecule has 1 aromatic carbocycles. The van der Waals surface area contributed by atoms with Gasteiger partial charge in [0.25, 0.3) is 0 Å². The van der Waals surface area contributed by atoms with Crippen molar-refractivity contribution >= 4 is 0 Å². The van der Waals surface area contributed by atoms with E-state index in [1.807, 2.05) is 0 Å². The van der Waals surface area contributed by atoms with Crippen molar-refractivity contribution in [1.29, 1.82) is 0 Å². The second-order valence-corrected chi connectivity index (χ2v) is 3.91. The van der Waals surface area contributed by atoms with E-state index < -0.39 is 0 Å². The fourth-order valence-electron chi connectivity index (χ4n) is 1.59. The molecule has 0 heterocycles. The number of benzene rings is 1. The molecule has 1 aromatic rings. The van der Waals surface area contributed by atoms with Gasteiger partial charge in [0, 0.05) is 12.1 Å². The van der Waals surface area contributed by atoms with Gasteiger partial charge in [-0.25, -0.2) is 4.39 Å².